The van der Waals surface area contributed by atoms with Crippen molar-refractivity contribution < 1.29 is 15.0 Å². The zero-order valence-corrected chi connectivity index (χ0v) is 7.93. The van der Waals surface area contributed by atoms with Crippen molar-refractivity contribution in [3.8, 4) is 0 Å². The van der Waals surface area contributed by atoms with Gasteiger partial charge in [0.25, 0.3) is 0 Å². The third-order valence-corrected chi connectivity index (χ3v) is 2.09. The monoisotopic (exact) mass is 220 g/mol. The van der Waals surface area contributed by atoms with Crippen LogP contribution in [0, 0.1) is 0 Å². The van der Waals surface area contributed by atoms with Crippen molar-refractivity contribution >= 4 is 29.2 Å². The Morgan fingerprint density at radius 3 is 2.08 bits per heavy atom. The Labute approximate surface area is 84.5 Å². The molecule has 1 aromatic carbocycles. The third kappa shape index (κ3) is 2.12. The van der Waals surface area contributed by atoms with Crippen molar-refractivity contribution in [3.63, 3.8) is 0 Å². The summed E-state index contributed by atoms with van der Waals surface area (Å²) in [6.07, 6.45) is 0. The van der Waals surface area contributed by atoms with Crippen LogP contribution < -0.4 is 0 Å². The number of aliphatic hydroxyl groups excluding tert-OH is 1. The minimum atomic E-state index is -1.18. The lowest BCUT2D eigenvalue weighted by atomic mass is 10.1. The molecule has 0 bridgehead atoms. The molecule has 2 N–H and O–H groups in total. The Morgan fingerprint density at radius 2 is 1.77 bits per heavy atom. The van der Waals surface area contributed by atoms with Crippen LogP contribution in [-0.4, -0.2) is 16.2 Å². The number of hydrogen-bond donors (Lipinski definition) is 2. The molecule has 0 radical (unpaired) electrons. The highest BCUT2D eigenvalue weighted by molar-refractivity contribution is 6.39. The summed E-state index contributed by atoms with van der Waals surface area (Å²) < 4.78 is 0. The summed E-state index contributed by atoms with van der Waals surface area (Å²) in [6.45, 7) is -0.223. The first kappa shape index (κ1) is 10.3. The van der Waals surface area contributed by atoms with Crippen LogP contribution in [0.3, 0.4) is 0 Å². The molecule has 0 saturated heterocycles. The number of carbonyl (C=O) groups is 1. The van der Waals surface area contributed by atoms with Gasteiger partial charge in [0, 0.05) is 0 Å². The van der Waals surface area contributed by atoms with E-state index in [9.17, 15) is 4.79 Å². The normalized spacial score (nSPS) is 10.1. The maximum Gasteiger partial charge on any atom is 0.338 e. The van der Waals surface area contributed by atoms with Gasteiger partial charge < -0.3 is 10.2 Å². The number of hydrogen-bond acceptors (Lipinski definition) is 2. The number of carboxylic acids is 1. The van der Waals surface area contributed by atoms with E-state index >= 15 is 0 Å². The molecular weight excluding hydrogens is 215 g/mol. The van der Waals surface area contributed by atoms with Gasteiger partial charge in [0.05, 0.1) is 22.2 Å². The van der Waals surface area contributed by atoms with Gasteiger partial charge in [-0.3, -0.25) is 0 Å². The Morgan fingerprint density at radius 1 is 1.31 bits per heavy atom. The fraction of sp³-hybridized carbons (Fsp3) is 0.125. The Kier molecular flexibility index (Phi) is 3.14. The van der Waals surface area contributed by atoms with Gasteiger partial charge in [-0.2, -0.15) is 0 Å². The topological polar surface area (TPSA) is 57.5 Å². The molecule has 0 amide bonds. The average Bonchev–Trinajstić information content (AvgIpc) is 2.02. The zero-order chi connectivity index (χ0) is 10.0. The van der Waals surface area contributed by atoms with Crippen molar-refractivity contribution in [2.45, 2.75) is 6.61 Å². The number of carboxylic acid groups (broad SMARTS) is 1. The lowest BCUT2D eigenvalue weighted by molar-refractivity contribution is 0.0697. The molecule has 0 aliphatic heterocycles. The van der Waals surface area contributed by atoms with Crippen LogP contribution in [0.4, 0.5) is 0 Å². The number of rotatable bonds is 2. The molecule has 0 atom stereocenters. The lowest BCUT2D eigenvalue weighted by Gasteiger charge is -2.04. The summed E-state index contributed by atoms with van der Waals surface area (Å²) in [4.78, 5) is 10.6. The van der Waals surface area contributed by atoms with E-state index < -0.39 is 5.97 Å². The SMILES string of the molecule is O=C(O)c1c(Cl)cc(CO)cc1Cl. The molecule has 5 heteroatoms. The molecule has 1 aromatic rings. The Hall–Kier alpha value is -0.770. The quantitative estimate of drug-likeness (QED) is 0.804. The van der Waals surface area contributed by atoms with Gasteiger partial charge in [-0.1, -0.05) is 23.2 Å². The second-order valence-corrected chi connectivity index (χ2v) is 3.21. The molecule has 3 nitrogen and oxygen atoms in total. The predicted octanol–water partition coefficient (Wildman–Crippen LogP) is 2.18. The highest BCUT2D eigenvalue weighted by Gasteiger charge is 2.14. The van der Waals surface area contributed by atoms with Gasteiger partial charge in [-0.15, -0.1) is 0 Å². The van der Waals surface area contributed by atoms with Crippen LogP contribution in [-0.2, 0) is 6.61 Å². The summed E-state index contributed by atoms with van der Waals surface area (Å²) in [5, 5.41) is 17.5. The molecule has 0 saturated carbocycles. The highest BCUT2D eigenvalue weighted by Crippen LogP contribution is 2.26. The zero-order valence-electron chi connectivity index (χ0n) is 6.42. The number of halogens is 2. The van der Waals surface area contributed by atoms with Crippen LogP contribution in [0.25, 0.3) is 0 Å². The number of benzene rings is 1. The summed E-state index contributed by atoms with van der Waals surface area (Å²) in [7, 11) is 0. The lowest BCUT2D eigenvalue weighted by Crippen LogP contribution is -2.00. The second-order valence-electron chi connectivity index (χ2n) is 2.40. The van der Waals surface area contributed by atoms with Crippen LogP contribution in [0.2, 0.25) is 10.0 Å². The molecule has 0 spiro atoms. The van der Waals surface area contributed by atoms with E-state index in [-0.39, 0.29) is 22.2 Å². The van der Waals surface area contributed by atoms with E-state index in [1.807, 2.05) is 0 Å². The van der Waals surface area contributed by atoms with Crippen LogP contribution in [0.1, 0.15) is 15.9 Å². The van der Waals surface area contributed by atoms with Crippen molar-refractivity contribution in [2.24, 2.45) is 0 Å². The Bertz CT molecular complexity index is 326. The smallest absolute Gasteiger partial charge is 0.338 e. The Balaban J connectivity index is 3.31. The maximum absolute atomic E-state index is 10.6. The minimum Gasteiger partial charge on any atom is -0.478 e. The maximum atomic E-state index is 10.6. The van der Waals surface area contributed by atoms with E-state index in [1.165, 1.54) is 12.1 Å². The van der Waals surface area contributed by atoms with Gasteiger partial charge in [0.1, 0.15) is 0 Å². The summed E-state index contributed by atoms with van der Waals surface area (Å²) in [5.74, 6) is -1.18. The van der Waals surface area contributed by atoms with Crippen molar-refractivity contribution in [1.82, 2.24) is 0 Å². The number of aliphatic hydroxyl groups is 1. The molecule has 13 heavy (non-hydrogen) atoms. The fourth-order valence-corrected chi connectivity index (χ4v) is 1.62. The first-order valence-corrected chi connectivity index (χ1v) is 4.14. The third-order valence-electron chi connectivity index (χ3n) is 1.50. The molecule has 0 fully saturated rings. The second kappa shape index (κ2) is 3.96. The van der Waals surface area contributed by atoms with Crippen molar-refractivity contribution in [3.05, 3.63) is 33.3 Å². The van der Waals surface area contributed by atoms with E-state index in [0.717, 1.165) is 0 Å². The molecular formula is C8H6Cl2O3. The van der Waals surface area contributed by atoms with Gasteiger partial charge in [-0.05, 0) is 17.7 Å². The van der Waals surface area contributed by atoms with E-state index in [1.54, 1.807) is 0 Å². The van der Waals surface area contributed by atoms with E-state index in [0.29, 0.717) is 5.56 Å². The van der Waals surface area contributed by atoms with Gasteiger partial charge in [-0.25, -0.2) is 4.79 Å². The minimum absolute atomic E-state index is 0.0315. The van der Waals surface area contributed by atoms with Crippen molar-refractivity contribution in [1.29, 1.82) is 0 Å². The largest absolute Gasteiger partial charge is 0.478 e. The molecule has 0 aromatic heterocycles. The molecule has 0 unspecified atom stereocenters. The summed E-state index contributed by atoms with van der Waals surface area (Å²) in [6, 6.07) is 2.74. The van der Waals surface area contributed by atoms with Crippen LogP contribution >= 0.6 is 23.2 Å². The molecule has 0 aliphatic carbocycles. The molecule has 1 rings (SSSR count). The van der Waals surface area contributed by atoms with Gasteiger partial charge in [0.15, 0.2) is 0 Å². The number of aromatic carboxylic acids is 1. The van der Waals surface area contributed by atoms with Gasteiger partial charge in [0.2, 0.25) is 0 Å². The first-order valence-electron chi connectivity index (χ1n) is 3.38. The van der Waals surface area contributed by atoms with Crippen LogP contribution in [0.15, 0.2) is 12.1 Å². The fourth-order valence-electron chi connectivity index (χ4n) is 0.921. The van der Waals surface area contributed by atoms with Crippen molar-refractivity contribution in [2.75, 3.05) is 0 Å². The first-order chi connectivity index (χ1) is 6.06. The molecule has 0 aliphatic rings. The molecule has 0 heterocycles. The summed E-state index contributed by atoms with van der Waals surface area (Å²) >= 11 is 11.3. The van der Waals surface area contributed by atoms with Gasteiger partial charge >= 0.3 is 5.97 Å². The predicted molar refractivity (Wildman–Crippen MR) is 49.3 cm³/mol. The summed E-state index contributed by atoms with van der Waals surface area (Å²) in [5.41, 5.74) is 0.348. The highest BCUT2D eigenvalue weighted by atomic mass is 35.5. The van der Waals surface area contributed by atoms with E-state index in [2.05, 4.69) is 0 Å². The van der Waals surface area contributed by atoms with Crippen LogP contribution in [0.5, 0.6) is 0 Å². The molecule has 70 valence electrons. The standard InChI is InChI=1S/C8H6Cl2O3/c9-5-1-4(3-11)2-6(10)7(5)8(12)13/h1-2,11H,3H2,(H,12,13). The van der Waals surface area contributed by atoms with E-state index in [4.69, 9.17) is 33.4 Å². The average molecular weight is 221 g/mol.